The Hall–Kier alpha value is -1.35. The molecule has 1 aromatic heterocycles. The van der Waals surface area contributed by atoms with Crippen molar-refractivity contribution in [2.45, 2.75) is 11.9 Å². The van der Waals surface area contributed by atoms with Crippen molar-refractivity contribution in [3.63, 3.8) is 0 Å². The van der Waals surface area contributed by atoms with E-state index in [4.69, 9.17) is 20.4 Å². The van der Waals surface area contributed by atoms with Crippen LogP contribution in [0.2, 0.25) is 0 Å². The maximum atomic E-state index is 6.19. The van der Waals surface area contributed by atoms with Crippen LogP contribution in [-0.2, 0) is 0 Å². The molecule has 0 saturated heterocycles. The lowest BCUT2D eigenvalue weighted by molar-refractivity contribution is 0.337. The molecule has 2 rings (SSSR count). The molecule has 2 aromatic rings. The molecule has 2 atom stereocenters. The van der Waals surface area contributed by atoms with Crippen molar-refractivity contribution in [2.24, 2.45) is 0 Å². The van der Waals surface area contributed by atoms with Gasteiger partial charge in [0.15, 0.2) is 0 Å². The van der Waals surface area contributed by atoms with Gasteiger partial charge in [-0.3, -0.25) is 0 Å². The molecular weight excluding hydrogens is 222 g/mol. The van der Waals surface area contributed by atoms with Crippen LogP contribution < -0.4 is 4.74 Å². The van der Waals surface area contributed by atoms with E-state index in [1.807, 2.05) is 54.0 Å². The third-order valence-electron chi connectivity index (χ3n) is 3.19. The summed E-state index contributed by atoms with van der Waals surface area (Å²) >= 11 is 0. The number of nitrogens with zero attached hydrogens (tertiary/aromatic N) is 2. The van der Waals surface area contributed by atoms with Crippen LogP contribution in [-0.4, -0.2) is 52.3 Å². The lowest BCUT2D eigenvalue weighted by Gasteiger charge is -2.29. The molecule has 0 aliphatic heterocycles. The fourth-order valence-electron chi connectivity index (χ4n) is 2.00. The molecule has 18 heavy (non-hydrogen) atoms. The summed E-state index contributed by atoms with van der Waals surface area (Å²) < 4.78 is 7.19. The predicted octanol–water partition coefficient (Wildman–Crippen LogP) is 1.37. The van der Waals surface area contributed by atoms with Crippen molar-refractivity contribution in [2.75, 3.05) is 21.2 Å². The number of rotatable bonds is 4. The fourth-order valence-corrected chi connectivity index (χ4v) is 2.00. The second kappa shape index (κ2) is 5.11. The number of hydrogen-bond donors (Lipinski definition) is 0. The SMILES string of the molecule is [B]C(C([B])n1ccc2cc(OC)ccc21)N(C)C. The number of aromatic nitrogens is 1. The van der Waals surface area contributed by atoms with E-state index in [9.17, 15) is 0 Å². The third-order valence-corrected chi connectivity index (χ3v) is 3.19. The summed E-state index contributed by atoms with van der Waals surface area (Å²) in [6, 6.07) is 7.92. The first kappa shape index (κ1) is 13.1. The van der Waals surface area contributed by atoms with Gasteiger partial charge in [-0.05, 0) is 44.3 Å². The molecule has 0 saturated carbocycles. The average Bonchev–Trinajstić information content (AvgIpc) is 2.79. The minimum absolute atomic E-state index is 0.234. The monoisotopic (exact) mass is 238 g/mol. The smallest absolute Gasteiger partial charge is 0.119 e. The lowest BCUT2D eigenvalue weighted by atomic mass is 9.77. The summed E-state index contributed by atoms with van der Waals surface area (Å²) in [6.07, 6.45) is 1.96. The second-order valence-electron chi connectivity index (χ2n) is 4.59. The molecular formula is C13H16B2N2O. The van der Waals surface area contributed by atoms with Gasteiger partial charge in [-0.1, -0.05) is 0 Å². The van der Waals surface area contributed by atoms with Crippen molar-refractivity contribution in [3.05, 3.63) is 30.5 Å². The number of ether oxygens (including phenoxy) is 1. The first-order valence-electron chi connectivity index (χ1n) is 5.87. The van der Waals surface area contributed by atoms with Crippen molar-refractivity contribution in [1.82, 2.24) is 9.47 Å². The van der Waals surface area contributed by atoms with Gasteiger partial charge in [-0.25, -0.2) is 0 Å². The Labute approximate surface area is 111 Å². The quantitative estimate of drug-likeness (QED) is 0.748. The van der Waals surface area contributed by atoms with Gasteiger partial charge in [0.1, 0.15) is 13.6 Å². The highest BCUT2D eigenvalue weighted by molar-refractivity contribution is 6.20. The molecule has 0 aliphatic rings. The molecule has 3 nitrogen and oxygen atoms in total. The van der Waals surface area contributed by atoms with E-state index in [2.05, 4.69) is 0 Å². The van der Waals surface area contributed by atoms with Gasteiger partial charge >= 0.3 is 0 Å². The van der Waals surface area contributed by atoms with Gasteiger partial charge in [0.05, 0.1) is 15.0 Å². The van der Waals surface area contributed by atoms with E-state index in [1.165, 1.54) is 0 Å². The Bertz CT molecular complexity index is 539. The predicted molar refractivity (Wildman–Crippen MR) is 76.5 cm³/mol. The Morgan fingerprint density at radius 1 is 1.22 bits per heavy atom. The summed E-state index contributed by atoms with van der Waals surface area (Å²) in [5.41, 5.74) is 1.06. The summed E-state index contributed by atoms with van der Waals surface area (Å²) in [6.45, 7) is 0. The Morgan fingerprint density at radius 3 is 2.56 bits per heavy atom. The van der Waals surface area contributed by atoms with E-state index in [0.717, 1.165) is 16.7 Å². The Balaban J connectivity index is 2.40. The van der Waals surface area contributed by atoms with E-state index in [1.54, 1.807) is 7.11 Å². The van der Waals surface area contributed by atoms with Crippen LogP contribution >= 0.6 is 0 Å². The molecule has 0 aliphatic carbocycles. The minimum Gasteiger partial charge on any atom is -0.497 e. The van der Waals surface area contributed by atoms with Crippen molar-refractivity contribution in [3.8, 4) is 5.75 Å². The third kappa shape index (κ3) is 2.27. The van der Waals surface area contributed by atoms with Gasteiger partial charge in [-0.2, -0.15) is 0 Å². The molecule has 0 spiro atoms. The zero-order valence-corrected chi connectivity index (χ0v) is 11.0. The van der Waals surface area contributed by atoms with Crippen LogP contribution in [0.25, 0.3) is 10.9 Å². The largest absolute Gasteiger partial charge is 0.497 e. The van der Waals surface area contributed by atoms with Crippen molar-refractivity contribution in [1.29, 1.82) is 0 Å². The molecule has 1 aromatic carbocycles. The van der Waals surface area contributed by atoms with E-state index >= 15 is 0 Å². The van der Waals surface area contributed by atoms with Crippen LogP contribution in [0, 0.1) is 0 Å². The highest BCUT2D eigenvalue weighted by atomic mass is 16.5. The molecule has 0 N–H and O–H groups in total. The van der Waals surface area contributed by atoms with E-state index < -0.39 is 0 Å². The summed E-state index contributed by atoms with van der Waals surface area (Å²) in [5.74, 6) is 0.319. The fraction of sp³-hybridized carbons (Fsp3) is 0.385. The van der Waals surface area contributed by atoms with E-state index in [0.29, 0.717) is 0 Å². The summed E-state index contributed by atoms with van der Waals surface area (Å²) in [4.78, 5) is 1.90. The Morgan fingerprint density at radius 2 is 1.94 bits per heavy atom. The topological polar surface area (TPSA) is 17.4 Å². The minimum atomic E-state index is -0.286. The first-order chi connectivity index (χ1) is 8.54. The maximum absolute atomic E-state index is 6.19. The number of hydrogen-bond acceptors (Lipinski definition) is 2. The standard InChI is InChI=1S/C13H16B2N2O/c1-16(2)12(14)13(15)17-7-6-9-8-10(18-3)4-5-11(9)17/h4-8,12-13H,1-3H3. The van der Waals surface area contributed by atoms with Gasteiger partial charge < -0.3 is 14.2 Å². The van der Waals surface area contributed by atoms with Crippen LogP contribution in [0.3, 0.4) is 0 Å². The highest BCUT2D eigenvalue weighted by Gasteiger charge is 2.16. The van der Waals surface area contributed by atoms with Gasteiger partial charge in [0, 0.05) is 23.0 Å². The molecule has 4 radical (unpaired) electrons. The molecule has 0 amide bonds. The number of methoxy groups -OCH3 is 1. The summed E-state index contributed by atoms with van der Waals surface area (Å²) in [5, 5.41) is 1.09. The zero-order valence-electron chi connectivity index (χ0n) is 11.0. The normalized spacial score (nSPS) is 14.9. The van der Waals surface area contributed by atoms with Gasteiger partial charge in [-0.15, -0.1) is 0 Å². The highest BCUT2D eigenvalue weighted by Crippen LogP contribution is 2.25. The molecule has 2 unspecified atom stereocenters. The lowest BCUT2D eigenvalue weighted by Crippen LogP contribution is -2.37. The molecule has 0 bridgehead atoms. The number of likely N-dealkylation sites (N-methyl/N-ethyl adjacent to an activating group) is 1. The van der Waals surface area contributed by atoms with E-state index in [-0.39, 0.29) is 11.9 Å². The van der Waals surface area contributed by atoms with Gasteiger partial charge in [0.2, 0.25) is 0 Å². The molecule has 90 valence electrons. The van der Waals surface area contributed by atoms with Crippen LogP contribution in [0.4, 0.5) is 0 Å². The molecule has 1 heterocycles. The molecule has 0 fully saturated rings. The Kier molecular flexibility index (Phi) is 3.71. The average molecular weight is 238 g/mol. The summed E-state index contributed by atoms with van der Waals surface area (Å²) in [7, 11) is 17.7. The van der Waals surface area contributed by atoms with Crippen LogP contribution in [0.1, 0.15) is 5.94 Å². The maximum Gasteiger partial charge on any atom is 0.119 e. The number of benzene rings is 1. The first-order valence-corrected chi connectivity index (χ1v) is 5.87. The van der Waals surface area contributed by atoms with Gasteiger partial charge in [0.25, 0.3) is 0 Å². The second-order valence-corrected chi connectivity index (χ2v) is 4.59. The van der Waals surface area contributed by atoms with Crippen molar-refractivity contribution < 1.29 is 4.74 Å². The number of fused-ring (bicyclic) bond motifs is 1. The van der Waals surface area contributed by atoms with Crippen molar-refractivity contribution >= 4 is 26.6 Å². The van der Waals surface area contributed by atoms with Crippen LogP contribution in [0.5, 0.6) is 5.75 Å². The van der Waals surface area contributed by atoms with Crippen LogP contribution in [0.15, 0.2) is 30.5 Å². The molecule has 5 heteroatoms. The zero-order chi connectivity index (χ0) is 13.3.